The number of methoxy groups -OCH3 is 1. The molecule has 1 saturated carbocycles. The van der Waals surface area contributed by atoms with Crippen molar-refractivity contribution in [3.05, 3.63) is 24.0 Å². The van der Waals surface area contributed by atoms with Crippen LogP contribution in [0, 0.1) is 5.92 Å². The van der Waals surface area contributed by atoms with Gasteiger partial charge in [-0.2, -0.15) is 0 Å². The molecule has 1 heterocycles. The zero-order valence-electron chi connectivity index (χ0n) is 9.86. The van der Waals surface area contributed by atoms with Crippen molar-refractivity contribution in [1.29, 1.82) is 0 Å². The minimum atomic E-state index is 0.571. The average molecular weight is 220 g/mol. The third-order valence-electron chi connectivity index (χ3n) is 3.61. The van der Waals surface area contributed by atoms with Crippen LogP contribution in [-0.4, -0.2) is 18.6 Å². The summed E-state index contributed by atoms with van der Waals surface area (Å²) in [7, 11) is 1.68. The summed E-state index contributed by atoms with van der Waals surface area (Å²) >= 11 is 0. The second-order valence-corrected chi connectivity index (χ2v) is 4.54. The maximum absolute atomic E-state index is 5.85. The number of aromatic nitrogens is 1. The Morgan fingerprint density at radius 2 is 2.19 bits per heavy atom. The van der Waals surface area contributed by atoms with Gasteiger partial charge in [0.05, 0.1) is 13.3 Å². The summed E-state index contributed by atoms with van der Waals surface area (Å²) < 4.78 is 5.22. The molecule has 0 saturated heterocycles. The zero-order chi connectivity index (χ0) is 11.4. The fraction of sp³-hybridized carbons (Fsp3) is 0.615. The summed E-state index contributed by atoms with van der Waals surface area (Å²) in [6.45, 7) is 0.780. The van der Waals surface area contributed by atoms with Crippen molar-refractivity contribution < 1.29 is 4.74 Å². The first kappa shape index (κ1) is 11.4. The van der Waals surface area contributed by atoms with Crippen LogP contribution in [0.1, 0.15) is 37.2 Å². The molecule has 1 aliphatic carbocycles. The fourth-order valence-electron chi connectivity index (χ4n) is 2.68. The molecule has 0 amide bonds. The van der Waals surface area contributed by atoms with E-state index in [9.17, 15) is 0 Å². The van der Waals surface area contributed by atoms with E-state index in [-0.39, 0.29) is 0 Å². The van der Waals surface area contributed by atoms with Gasteiger partial charge in [-0.1, -0.05) is 12.8 Å². The maximum Gasteiger partial charge on any atom is 0.137 e. The Labute approximate surface area is 97.0 Å². The van der Waals surface area contributed by atoms with Gasteiger partial charge >= 0.3 is 0 Å². The first-order chi connectivity index (χ1) is 7.85. The number of hydrogen-bond acceptors (Lipinski definition) is 3. The largest absolute Gasteiger partial charge is 0.495 e. The number of hydrogen-bond donors (Lipinski definition) is 1. The fourth-order valence-corrected chi connectivity index (χ4v) is 2.68. The second-order valence-electron chi connectivity index (χ2n) is 4.54. The van der Waals surface area contributed by atoms with Crippen molar-refractivity contribution in [2.75, 3.05) is 13.7 Å². The van der Waals surface area contributed by atoms with E-state index in [2.05, 4.69) is 11.1 Å². The molecule has 1 fully saturated rings. The lowest BCUT2D eigenvalue weighted by molar-refractivity contribution is 0.312. The quantitative estimate of drug-likeness (QED) is 0.850. The van der Waals surface area contributed by atoms with Gasteiger partial charge in [-0.25, -0.2) is 0 Å². The Kier molecular flexibility index (Phi) is 3.78. The van der Waals surface area contributed by atoms with Gasteiger partial charge < -0.3 is 10.5 Å². The van der Waals surface area contributed by atoms with Crippen LogP contribution in [0.4, 0.5) is 0 Å². The van der Waals surface area contributed by atoms with E-state index in [1.54, 1.807) is 13.3 Å². The predicted molar refractivity (Wildman–Crippen MR) is 64.5 cm³/mol. The molecule has 1 aromatic heterocycles. The molecule has 3 heteroatoms. The van der Waals surface area contributed by atoms with Crippen molar-refractivity contribution in [1.82, 2.24) is 4.98 Å². The number of nitrogens with two attached hydrogens (primary N) is 1. The van der Waals surface area contributed by atoms with Gasteiger partial charge in [0, 0.05) is 6.20 Å². The van der Waals surface area contributed by atoms with Gasteiger partial charge in [0.1, 0.15) is 5.75 Å². The molecule has 1 aliphatic rings. The van der Waals surface area contributed by atoms with E-state index in [0.717, 1.165) is 12.3 Å². The Morgan fingerprint density at radius 1 is 1.38 bits per heavy atom. The summed E-state index contributed by atoms with van der Waals surface area (Å²) in [4.78, 5) is 4.23. The maximum atomic E-state index is 5.85. The van der Waals surface area contributed by atoms with E-state index in [1.807, 2.05) is 6.20 Å². The molecule has 0 bridgehead atoms. The third-order valence-corrected chi connectivity index (χ3v) is 3.61. The number of rotatable bonds is 3. The monoisotopic (exact) mass is 220 g/mol. The van der Waals surface area contributed by atoms with Gasteiger partial charge in [0.25, 0.3) is 0 Å². The molecule has 3 nitrogen and oxygen atoms in total. The average Bonchev–Trinajstić information content (AvgIpc) is 2.38. The van der Waals surface area contributed by atoms with Crippen LogP contribution in [0.15, 0.2) is 18.5 Å². The Balaban J connectivity index is 2.20. The molecule has 2 atom stereocenters. The van der Waals surface area contributed by atoms with Crippen LogP contribution in [0.3, 0.4) is 0 Å². The molecule has 0 aromatic carbocycles. The molecular weight excluding hydrogens is 200 g/mol. The van der Waals surface area contributed by atoms with Crippen molar-refractivity contribution in [2.24, 2.45) is 11.7 Å². The van der Waals surface area contributed by atoms with Crippen LogP contribution in [0.5, 0.6) is 5.75 Å². The summed E-state index contributed by atoms with van der Waals surface area (Å²) in [5.41, 5.74) is 7.14. The lowest BCUT2D eigenvalue weighted by atomic mass is 9.76. The van der Waals surface area contributed by atoms with Crippen molar-refractivity contribution in [3.63, 3.8) is 0 Å². The molecule has 0 aliphatic heterocycles. The normalized spacial score (nSPS) is 25.4. The van der Waals surface area contributed by atoms with E-state index in [4.69, 9.17) is 10.5 Å². The summed E-state index contributed by atoms with van der Waals surface area (Å²) in [5, 5.41) is 0. The van der Waals surface area contributed by atoms with E-state index in [1.165, 1.54) is 31.2 Å². The van der Waals surface area contributed by atoms with Gasteiger partial charge in [-0.05, 0) is 42.9 Å². The smallest absolute Gasteiger partial charge is 0.137 e. The first-order valence-electron chi connectivity index (χ1n) is 6.04. The van der Waals surface area contributed by atoms with Crippen molar-refractivity contribution >= 4 is 0 Å². The molecule has 0 radical (unpaired) electrons. The van der Waals surface area contributed by atoms with E-state index >= 15 is 0 Å². The topological polar surface area (TPSA) is 48.1 Å². The SMILES string of the molecule is COc1cncc(C2CCCCC2CN)c1. The minimum Gasteiger partial charge on any atom is -0.495 e. The predicted octanol–water partition coefficient (Wildman–Crippen LogP) is 2.32. The highest BCUT2D eigenvalue weighted by Gasteiger charge is 2.25. The highest BCUT2D eigenvalue weighted by molar-refractivity contribution is 5.27. The highest BCUT2D eigenvalue weighted by Crippen LogP contribution is 2.37. The van der Waals surface area contributed by atoms with Crippen molar-refractivity contribution in [2.45, 2.75) is 31.6 Å². The summed E-state index contributed by atoms with van der Waals surface area (Å²) in [5.74, 6) is 2.03. The molecular formula is C13H20N2O. The number of ether oxygens (including phenoxy) is 1. The van der Waals surface area contributed by atoms with Gasteiger partial charge in [-0.15, -0.1) is 0 Å². The third kappa shape index (κ3) is 2.35. The molecule has 2 rings (SSSR count). The first-order valence-corrected chi connectivity index (χ1v) is 6.04. The molecule has 0 spiro atoms. The van der Waals surface area contributed by atoms with Gasteiger partial charge in [-0.3, -0.25) is 4.98 Å². The van der Waals surface area contributed by atoms with Gasteiger partial charge in [0.2, 0.25) is 0 Å². The standard InChI is InChI=1S/C13H20N2O/c1-16-12-6-11(8-15-9-12)13-5-3-2-4-10(13)7-14/h6,8-10,13H,2-5,7,14H2,1H3. The van der Waals surface area contributed by atoms with Crippen molar-refractivity contribution in [3.8, 4) is 5.75 Å². The Hall–Kier alpha value is -1.09. The Bertz CT molecular complexity index is 340. The Morgan fingerprint density at radius 3 is 2.94 bits per heavy atom. The minimum absolute atomic E-state index is 0.571. The molecule has 88 valence electrons. The van der Waals surface area contributed by atoms with Crippen LogP contribution in [0.2, 0.25) is 0 Å². The molecule has 16 heavy (non-hydrogen) atoms. The lowest BCUT2D eigenvalue weighted by Gasteiger charge is -2.30. The van der Waals surface area contributed by atoms with E-state index < -0.39 is 0 Å². The summed E-state index contributed by atoms with van der Waals surface area (Å²) in [6, 6.07) is 2.10. The zero-order valence-corrected chi connectivity index (χ0v) is 9.86. The molecule has 2 N–H and O–H groups in total. The summed E-state index contributed by atoms with van der Waals surface area (Å²) in [6.07, 6.45) is 8.81. The van der Waals surface area contributed by atoms with E-state index in [0.29, 0.717) is 11.8 Å². The number of pyridine rings is 1. The van der Waals surface area contributed by atoms with Crippen LogP contribution >= 0.6 is 0 Å². The van der Waals surface area contributed by atoms with Gasteiger partial charge in [0.15, 0.2) is 0 Å². The highest BCUT2D eigenvalue weighted by atomic mass is 16.5. The molecule has 2 unspecified atom stereocenters. The molecule has 1 aromatic rings. The van der Waals surface area contributed by atoms with Crippen LogP contribution < -0.4 is 10.5 Å². The lowest BCUT2D eigenvalue weighted by Crippen LogP contribution is -2.25. The van der Waals surface area contributed by atoms with Crippen LogP contribution in [-0.2, 0) is 0 Å². The number of nitrogens with zero attached hydrogens (tertiary/aromatic N) is 1. The second kappa shape index (κ2) is 5.30. The van der Waals surface area contributed by atoms with Crippen LogP contribution in [0.25, 0.3) is 0 Å².